The average molecular weight is 334 g/mol. The number of ether oxygens (including phenoxy) is 1. The summed E-state index contributed by atoms with van der Waals surface area (Å²) < 4.78 is 5.62. The van der Waals surface area contributed by atoms with Crippen LogP contribution in [0.1, 0.15) is 17.0 Å². The molecular weight excluding hydrogens is 322 g/mol. The Kier molecular flexibility index (Phi) is 4.24. The highest BCUT2D eigenvalue weighted by Crippen LogP contribution is 2.41. The third kappa shape index (κ3) is 2.72. The molecule has 2 aromatic rings. The lowest BCUT2D eigenvalue weighted by Crippen LogP contribution is -2.20. The van der Waals surface area contributed by atoms with Gasteiger partial charge in [0.05, 0.1) is 17.6 Å². The topological polar surface area (TPSA) is 82.8 Å². The molecule has 0 bridgehead atoms. The van der Waals surface area contributed by atoms with Crippen molar-refractivity contribution in [3.8, 4) is 12.1 Å². The monoisotopic (exact) mass is 333 g/mol. The molecule has 0 unspecified atom stereocenters. The normalized spacial score (nSPS) is 17.0. The van der Waals surface area contributed by atoms with E-state index in [0.717, 1.165) is 11.1 Å². The minimum atomic E-state index is -0.582. The van der Waals surface area contributed by atoms with Crippen LogP contribution in [0.25, 0.3) is 5.76 Å². The molecule has 1 atom stereocenters. The molecule has 24 heavy (non-hydrogen) atoms. The predicted molar refractivity (Wildman–Crippen MR) is 91.1 cm³/mol. The van der Waals surface area contributed by atoms with Gasteiger partial charge < -0.3 is 10.5 Å². The molecule has 0 amide bonds. The van der Waals surface area contributed by atoms with E-state index in [1.54, 1.807) is 24.3 Å². The first-order valence-electron chi connectivity index (χ1n) is 7.18. The van der Waals surface area contributed by atoms with Crippen LogP contribution in [0.4, 0.5) is 0 Å². The van der Waals surface area contributed by atoms with Gasteiger partial charge in [0.15, 0.2) is 5.76 Å². The molecule has 0 saturated carbocycles. The van der Waals surface area contributed by atoms with Gasteiger partial charge in [0.1, 0.15) is 11.6 Å². The molecule has 1 heterocycles. The van der Waals surface area contributed by atoms with Crippen molar-refractivity contribution in [2.45, 2.75) is 5.92 Å². The van der Waals surface area contributed by atoms with Gasteiger partial charge in [-0.2, -0.15) is 10.5 Å². The second kappa shape index (κ2) is 6.50. The summed E-state index contributed by atoms with van der Waals surface area (Å²) in [5.74, 6) is -0.203. The van der Waals surface area contributed by atoms with Gasteiger partial charge >= 0.3 is 0 Å². The highest BCUT2D eigenvalue weighted by Gasteiger charge is 2.33. The van der Waals surface area contributed by atoms with E-state index in [-0.39, 0.29) is 11.5 Å². The standard InChI is InChI=1S/C19H12ClN3O/c20-14-8-6-12(7-9-14)17-15(10-21)18(13-4-2-1-3-5-13)24-19(23)16(17)11-22/h1-9,17H,23H2/t17-/m1/s1. The summed E-state index contributed by atoms with van der Waals surface area (Å²) in [6, 6.07) is 20.5. The number of hydrogen-bond donors (Lipinski definition) is 1. The first-order chi connectivity index (χ1) is 11.7. The Labute approximate surface area is 144 Å². The first kappa shape index (κ1) is 15.7. The van der Waals surface area contributed by atoms with Crippen LogP contribution in [0.15, 0.2) is 71.6 Å². The van der Waals surface area contributed by atoms with E-state index in [1.165, 1.54) is 0 Å². The Hall–Kier alpha value is -3.21. The quantitative estimate of drug-likeness (QED) is 0.897. The van der Waals surface area contributed by atoms with Crippen molar-refractivity contribution in [2.75, 3.05) is 0 Å². The minimum Gasteiger partial charge on any atom is -0.439 e. The van der Waals surface area contributed by atoms with Gasteiger partial charge in [-0.15, -0.1) is 0 Å². The van der Waals surface area contributed by atoms with Gasteiger partial charge in [-0.3, -0.25) is 0 Å². The number of halogens is 1. The number of rotatable bonds is 2. The summed E-state index contributed by atoms with van der Waals surface area (Å²) in [7, 11) is 0. The molecule has 116 valence electrons. The molecule has 0 saturated heterocycles. The summed E-state index contributed by atoms with van der Waals surface area (Å²) in [6.07, 6.45) is 0. The summed E-state index contributed by atoms with van der Waals surface area (Å²) in [6.45, 7) is 0. The summed E-state index contributed by atoms with van der Waals surface area (Å²) in [4.78, 5) is 0. The molecular formula is C19H12ClN3O. The highest BCUT2D eigenvalue weighted by molar-refractivity contribution is 6.30. The molecule has 1 aliphatic heterocycles. The molecule has 2 N–H and O–H groups in total. The number of hydrogen-bond acceptors (Lipinski definition) is 4. The zero-order valence-electron chi connectivity index (χ0n) is 12.5. The van der Waals surface area contributed by atoms with Crippen molar-refractivity contribution in [1.82, 2.24) is 0 Å². The van der Waals surface area contributed by atoms with Gasteiger partial charge in [0.25, 0.3) is 0 Å². The van der Waals surface area contributed by atoms with Gasteiger partial charge in [-0.1, -0.05) is 54.1 Å². The van der Waals surface area contributed by atoms with Crippen LogP contribution in [0, 0.1) is 22.7 Å². The highest BCUT2D eigenvalue weighted by atomic mass is 35.5. The van der Waals surface area contributed by atoms with E-state index in [0.29, 0.717) is 16.4 Å². The average Bonchev–Trinajstić information content (AvgIpc) is 2.62. The van der Waals surface area contributed by atoms with Crippen LogP contribution in [-0.4, -0.2) is 0 Å². The molecule has 3 rings (SSSR count). The van der Waals surface area contributed by atoms with Gasteiger partial charge in [0, 0.05) is 10.6 Å². The summed E-state index contributed by atoms with van der Waals surface area (Å²) >= 11 is 5.94. The third-order valence-electron chi connectivity index (χ3n) is 3.78. The fourth-order valence-electron chi connectivity index (χ4n) is 2.67. The van der Waals surface area contributed by atoms with Crippen LogP contribution < -0.4 is 5.73 Å². The number of nitrogens with two attached hydrogens (primary N) is 1. The third-order valence-corrected chi connectivity index (χ3v) is 4.03. The maximum Gasteiger partial charge on any atom is 0.205 e. The Morgan fingerprint density at radius 3 is 2.12 bits per heavy atom. The Morgan fingerprint density at radius 2 is 1.54 bits per heavy atom. The van der Waals surface area contributed by atoms with Crippen molar-refractivity contribution in [3.05, 3.63) is 87.8 Å². The Morgan fingerprint density at radius 1 is 0.917 bits per heavy atom. The largest absolute Gasteiger partial charge is 0.439 e. The second-order valence-corrected chi connectivity index (χ2v) is 5.63. The van der Waals surface area contributed by atoms with E-state index >= 15 is 0 Å². The SMILES string of the molecule is N#CC1=C(N)OC(c2ccccc2)=C(C#N)[C@H]1c1ccc(Cl)cc1. The molecule has 0 fully saturated rings. The fourth-order valence-corrected chi connectivity index (χ4v) is 2.79. The lowest BCUT2D eigenvalue weighted by atomic mass is 9.83. The predicted octanol–water partition coefficient (Wildman–Crippen LogP) is 4.08. The van der Waals surface area contributed by atoms with E-state index in [4.69, 9.17) is 22.1 Å². The van der Waals surface area contributed by atoms with Crippen LogP contribution in [-0.2, 0) is 4.74 Å². The van der Waals surface area contributed by atoms with E-state index < -0.39 is 5.92 Å². The van der Waals surface area contributed by atoms with E-state index in [2.05, 4.69) is 12.1 Å². The first-order valence-corrected chi connectivity index (χ1v) is 7.56. The Bertz CT molecular complexity index is 916. The van der Waals surface area contributed by atoms with Gasteiger partial charge in [-0.25, -0.2) is 0 Å². The van der Waals surface area contributed by atoms with E-state index in [1.807, 2.05) is 30.3 Å². The maximum absolute atomic E-state index is 9.72. The van der Waals surface area contributed by atoms with Crippen LogP contribution >= 0.6 is 11.6 Å². The molecule has 2 aromatic carbocycles. The lowest BCUT2D eigenvalue weighted by Gasteiger charge is -2.26. The number of allylic oxidation sites excluding steroid dienone is 2. The number of nitriles is 2. The van der Waals surface area contributed by atoms with Crippen molar-refractivity contribution in [2.24, 2.45) is 5.73 Å². The lowest BCUT2D eigenvalue weighted by molar-refractivity contribution is 0.357. The number of nitrogens with zero attached hydrogens (tertiary/aromatic N) is 2. The maximum atomic E-state index is 9.72. The van der Waals surface area contributed by atoms with Gasteiger partial charge in [0.2, 0.25) is 5.88 Å². The smallest absolute Gasteiger partial charge is 0.205 e. The summed E-state index contributed by atoms with van der Waals surface area (Å²) in [5, 5.41) is 19.8. The van der Waals surface area contributed by atoms with Crippen LogP contribution in [0.5, 0.6) is 0 Å². The minimum absolute atomic E-state index is 0.00954. The fraction of sp³-hybridized carbons (Fsp3) is 0.0526. The molecule has 0 radical (unpaired) electrons. The molecule has 4 nitrogen and oxygen atoms in total. The zero-order valence-corrected chi connectivity index (χ0v) is 13.3. The van der Waals surface area contributed by atoms with Crippen LogP contribution in [0.2, 0.25) is 5.02 Å². The molecule has 5 heteroatoms. The van der Waals surface area contributed by atoms with Crippen molar-refractivity contribution >= 4 is 17.4 Å². The van der Waals surface area contributed by atoms with Crippen molar-refractivity contribution in [3.63, 3.8) is 0 Å². The second-order valence-electron chi connectivity index (χ2n) is 5.20. The van der Waals surface area contributed by atoms with Crippen LogP contribution in [0.3, 0.4) is 0 Å². The zero-order chi connectivity index (χ0) is 17.1. The van der Waals surface area contributed by atoms with Gasteiger partial charge in [-0.05, 0) is 17.7 Å². The number of benzene rings is 2. The Balaban J connectivity index is 2.22. The summed E-state index contributed by atoms with van der Waals surface area (Å²) in [5.41, 5.74) is 8.00. The van der Waals surface area contributed by atoms with Crippen molar-refractivity contribution < 1.29 is 4.74 Å². The van der Waals surface area contributed by atoms with Crippen molar-refractivity contribution in [1.29, 1.82) is 10.5 Å². The molecule has 0 aromatic heterocycles. The van der Waals surface area contributed by atoms with E-state index in [9.17, 15) is 10.5 Å². The molecule has 0 spiro atoms. The molecule has 0 aliphatic carbocycles. The molecule has 1 aliphatic rings.